The molecule has 2 aromatic carbocycles. The van der Waals surface area contributed by atoms with Gasteiger partial charge in [-0.1, -0.05) is 24.3 Å². The van der Waals surface area contributed by atoms with Crippen molar-refractivity contribution in [3.05, 3.63) is 82.0 Å². The molecule has 0 aliphatic carbocycles. The summed E-state index contributed by atoms with van der Waals surface area (Å²) in [6.45, 7) is 1.89. The van der Waals surface area contributed by atoms with Crippen LogP contribution in [-0.2, 0) is 0 Å². The molecule has 0 atom stereocenters. The molecule has 0 bridgehead atoms. The molecule has 1 heterocycles. The summed E-state index contributed by atoms with van der Waals surface area (Å²) in [4.78, 5) is 24.9. The molecular weight excluding hydrogens is 378 g/mol. The van der Waals surface area contributed by atoms with E-state index < -0.39 is 0 Å². The van der Waals surface area contributed by atoms with Crippen molar-refractivity contribution in [1.29, 1.82) is 0 Å². The van der Waals surface area contributed by atoms with Gasteiger partial charge in [-0.25, -0.2) is 0 Å². The van der Waals surface area contributed by atoms with E-state index in [0.29, 0.717) is 16.1 Å². The van der Waals surface area contributed by atoms with Crippen molar-refractivity contribution in [3.63, 3.8) is 0 Å². The quantitative estimate of drug-likeness (QED) is 0.572. The van der Waals surface area contributed by atoms with Gasteiger partial charge in [0.15, 0.2) is 5.11 Å². The van der Waals surface area contributed by atoms with Gasteiger partial charge in [-0.15, -0.1) is 11.3 Å². The van der Waals surface area contributed by atoms with Crippen molar-refractivity contribution in [2.45, 2.75) is 6.92 Å². The summed E-state index contributed by atoms with van der Waals surface area (Å²) < 4.78 is 0. The molecule has 3 N–H and O–H groups in total. The molecule has 27 heavy (non-hydrogen) atoms. The highest BCUT2D eigenvalue weighted by Gasteiger charge is 2.10. The second-order valence-electron chi connectivity index (χ2n) is 5.74. The molecule has 5 nitrogen and oxygen atoms in total. The predicted octanol–water partition coefficient (Wildman–Crippen LogP) is 4.44. The number of hydrogen-bond acceptors (Lipinski definition) is 4. The highest BCUT2D eigenvalue weighted by atomic mass is 32.1. The molecule has 0 spiro atoms. The Bertz CT molecular complexity index is 970. The lowest BCUT2D eigenvalue weighted by Crippen LogP contribution is -2.33. The summed E-state index contributed by atoms with van der Waals surface area (Å²) in [5.74, 6) is -0.413. The molecule has 0 aliphatic rings. The van der Waals surface area contributed by atoms with Crippen LogP contribution in [0.1, 0.15) is 25.6 Å². The number of amides is 2. The lowest BCUT2D eigenvalue weighted by Gasteiger charge is -2.13. The fourth-order valence-electron chi connectivity index (χ4n) is 2.40. The van der Waals surface area contributed by atoms with Crippen LogP contribution >= 0.6 is 23.6 Å². The molecular formula is C20H17N3O2S2. The van der Waals surface area contributed by atoms with E-state index in [0.717, 1.165) is 11.3 Å². The molecule has 0 fully saturated rings. The molecule has 7 heteroatoms. The molecule has 0 radical (unpaired) electrons. The minimum absolute atomic E-state index is 0.168. The van der Waals surface area contributed by atoms with E-state index in [-0.39, 0.29) is 16.9 Å². The van der Waals surface area contributed by atoms with E-state index in [1.54, 1.807) is 30.3 Å². The van der Waals surface area contributed by atoms with Crippen molar-refractivity contribution >= 4 is 51.9 Å². The molecule has 0 aliphatic heterocycles. The fraction of sp³-hybridized carbons (Fsp3) is 0.0500. The van der Waals surface area contributed by atoms with Crippen LogP contribution in [-0.4, -0.2) is 16.9 Å². The first-order chi connectivity index (χ1) is 13.0. The number of nitrogens with one attached hydrogen (secondary N) is 3. The van der Waals surface area contributed by atoms with Crippen LogP contribution in [0.5, 0.6) is 0 Å². The number of thiophene rings is 1. The Kier molecular flexibility index (Phi) is 5.95. The molecule has 2 amide bonds. The lowest BCUT2D eigenvalue weighted by molar-refractivity contribution is 0.0980. The van der Waals surface area contributed by atoms with Crippen LogP contribution in [0.25, 0.3) is 0 Å². The van der Waals surface area contributed by atoms with E-state index in [2.05, 4.69) is 16.0 Å². The van der Waals surface area contributed by atoms with Gasteiger partial charge in [-0.3, -0.25) is 14.9 Å². The summed E-state index contributed by atoms with van der Waals surface area (Å²) in [5, 5.41) is 10.6. The van der Waals surface area contributed by atoms with Crippen LogP contribution < -0.4 is 16.0 Å². The number of anilines is 2. The largest absolute Gasteiger partial charge is 0.332 e. The highest BCUT2D eigenvalue weighted by molar-refractivity contribution is 7.80. The molecule has 3 aromatic rings. The number of carbonyl (C=O) groups is 2. The molecule has 0 saturated heterocycles. The summed E-state index contributed by atoms with van der Waals surface area (Å²) in [5.41, 5.74) is 2.90. The highest BCUT2D eigenvalue weighted by Crippen LogP contribution is 2.20. The Morgan fingerprint density at radius 2 is 1.70 bits per heavy atom. The number of rotatable bonds is 4. The molecule has 0 saturated carbocycles. The van der Waals surface area contributed by atoms with E-state index in [1.165, 1.54) is 11.3 Å². The van der Waals surface area contributed by atoms with Crippen LogP contribution in [0.3, 0.4) is 0 Å². The smallest absolute Gasteiger partial charge is 0.267 e. The summed E-state index contributed by atoms with van der Waals surface area (Å²) in [7, 11) is 0. The van der Waals surface area contributed by atoms with Gasteiger partial charge in [0.2, 0.25) is 0 Å². The third-order valence-corrected chi connectivity index (χ3v) is 4.81. The molecule has 1 aromatic heterocycles. The maximum atomic E-state index is 12.3. The standard InChI is InChI=1S/C20H17N3O2S2/c1-13-12-15(21-20(26)23-19(25)17-8-5-11-27-17)9-10-16(13)22-18(24)14-6-3-2-4-7-14/h2-12H,1H3,(H,22,24)(H2,21,23,25,26). The Morgan fingerprint density at radius 3 is 2.37 bits per heavy atom. The van der Waals surface area contributed by atoms with Gasteiger partial charge in [0.1, 0.15) is 0 Å². The second-order valence-corrected chi connectivity index (χ2v) is 7.09. The van der Waals surface area contributed by atoms with Gasteiger partial charge in [0.25, 0.3) is 11.8 Å². The average molecular weight is 396 g/mol. The Hall–Kier alpha value is -3.03. The first kappa shape index (κ1) is 18.8. The van der Waals surface area contributed by atoms with Crippen molar-refractivity contribution in [3.8, 4) is 0 Å². The number of thiocarbonyl (C=S) groups is 1. The summed E-state index contributed by atoms with van der Waals surface area (Å²) >= 11 is 6.54. The van der Waals surface area contributed by atoms with Crippen molar-refractivity contribution in [2.75, 3.05) is 10.6 Å². The zero-order chi connectivity index (χ0) is 19.2. The van der Waals surface area contributed by atoms with Crippen molar-refractivity contribution < 1.29 is 9.59 Å². The van der Waals surface area contributed by atoms with Crippen molar-refractivity contribution in [1.82, 2.24) is 5.32 Å². The van der Waals surface area contributed by atoms with E-state index in [9.17, 15) is 9.59 Å². The van der Waals surface area contributed by atoms with Crippen LogP contribution in [0.15, 0.2) is 66.0 Å². The maximum Gasteiger partial charge on any atom is 0.267 e. The molecule has 0 unspecified atom stereocenters. The van der Waals surface area contributed by atoms with E-state index in [1.807, 2.05) is 42.6 Å². The Labute approximate surface area is 166 Å². The minimum Gasteiger partial charge on any atom is -0.332 e. The number of benzene rings is 2. The van der Waals surface area contributed by atoms with Gasteiger partial charge >= 0.3 is 0 Å². The molecule has 136 valence electrons. The third kappa shape index (κ3) is 4.99. The first-order valence-corrected chi connectivity index (χ1v) is 9.44. The summed E-state index contributed by atoms with van der Waals surface area (Å²) in [6, 6.07) is 18.0. The SMILES string of the molecule is Cc1cc(NC(=S)NC(=O)c2cccs2)ccc1NC(=O)c1ccccc1. The van der Waals surface area contributed by atoms with Gasteiger partial charge in [0.05, 0.1) is 4.88 Å². The summed E-state index contributed by atoms with van der Waals surface area (Å²) in [6.07, 6.45) is 0. The number of aryl methyl sites for hydroxylation is 1. The Balaban J connectivity index is 1.61. The van der Waals surface area contributed by atoms with Gasteiger partial charge in [-0.05, 0) is 66.5 Å². The lowest BCUT2D eigenvalue weighted by atomic mass is 10.1. The van der Waals surface area contributed by atoms with Crippen molar-refractivity contribution in [2.24, 2.45) is 0 Å². The van der Waals surface area contributed by atoms with Crippen LogP contribution in [0.2, 0.25) is 0 Å². The number of carbonyl (C=O) groups excluding carboxylic acids is 2. The van der Waals surface area contributed by atoms with E-state index in [4.69, 9.17) is 12.2 Å². The van der Waals surface area contributed by atoms with Crippen LogP contribution in [0, 0.1) is 6.92 Å². The second kappa shape index (κ2) is 8.57. The predicted molar refractivity (Wildman–Crippen MR) is 114 cm³/mol. The zero-order valence-electron chi connectivity index (χ0n) is 14.5. The monoisotopic (exact) mass is 395 g/mol. The number of hydrogen-bond donors (Lipinski definition) is 3. The Morgan fingerprint density at radius 1 is 0.926 bits per heavy atom. The first-order valence-electron chi connectivity index (χ1n) is 8.16. The van der Waals surface area contributed by atoms with Gasteiger partial charge in [0, 0.05) is 16.9 Å². The third-order valence-electron chi connectivity index (χ3n) is 3.74. The maximum absolute atomic E-state index is 12.3. The average Bonchev–Trinajstić information content (AvgIpc) is 3.19. The normalized spacial score (nSPS) is 10.1. The van der Waals surface area contributed by atoms with Gasteiger partial charge in [-0.2, -0.15) is 0 Å². The molecule has 3 rings (SSSR count). The fourth-order valence-corrected chi connectivity index (χ4v) is 3.23. The van der Waals surface area contributed by atoms with Gasteiger partial charge < -0.3 is 10.6 Å². The minimum atomic E-state index is -0.244. The van der Waals surface area contributed by atoms with E-state index >= 15 is 0 Å². The zero-order valence-corrected chi connectivity index (χ0v) is 16.1. The van der Waals surface area contributed by atoms with Crippen LogP contribution in [0.4, 0.5) is 11.4 Å². The topological polar surface area (TPSA) is 70.2 Å².